The van der Waals surface area contributed by atoms with E-state index in [0.29, 0.717) is 0 Å². The SMILES string of the molecule is [Li][C]1(C)C=Cc2cc(C)ccc21. The van der Waals surface area contributed by atoms with Crippen LogP contribution in [0.3, 0.4) is 0 Å². The molecule has 1 aliphatic rings. The second-order valence-electron chi connectivity index (χ2n) is 4.15. The second-order valence-corrected chi connectivity index (χ2v) is 4.15. The van der Waals surface area contributed by atoms with Crippen LogP contribution in [-0.4, -0.2) is 17.7 Å². The summed E-state index contributed by atoms with van der Waals surface area (Å²) in [5, 5.41) is 0. The second kappa shape index (κ2) is 2.52. The molecule has 0 aromatic heterocycles. The van der Waals surface area contributed by atoms with Gasteiger partial charge in [-0.1, -0.05) is 0 Å². The number of hydrogen-bond donors (Lipinski definition) is 0. The molecule has 0 spiro atoms. The molecule has 1 aliphatic carbocycles. The van der Waals surface area contributed by atoms with E-state index in [1.54, 1.807) is 0 Å². The van der Waals surface area contributed by atoms with Gasteiger partial charge in [-0.05, 0) is 0 Å². The van der Waals surface area contributed by atoms with Gasteiger partial charge in [0.2, 0.25) is 0 Å². The first-order valence-electron chi connectivity index (χ1n) is 4.40. The van der Waals surface area contributed by atoms with E-state index in [-0.39, 0.29) is 4.09 Å². The van der Waals surface area contributed by atoms with E-state index in [9.17, 15) is 0 Å². The third kappa shape index (κ3) is 1.16. The molecule has 0 amide bonds. The summed E-state index contributed by atoms with van der Waals surface area (Å²) in [6, 6.07) is 6.68. The quantitative estimate of drug-likeness (QED) is 0.498. The number of rotatable bonds is 0. The predicted octanol–water partition coefficient (Wildman–Crippen LogP) is 2.41. The standard InChI is InChI=1S/C11H11.Li/c1-8-3-6-11-9(2)4-5-10(11)7-8;/h3-7H,1-2H3;. The molecule has 0 radical (unpaired) electrons. The van der Waals surface area contributed by atoms with Crippen molar-refractivity contribution in [2.45, 2.75) is 17.9 Å². The van der Waals surface area contributed by atoms with Gasteiger partial charge in [-0.2, -0.15) is 0 Å². The molecule has 56 valence electrons. The number of allylic oxidation sites excluding steroid dienone is 1. The van der Waals surface area contributed by atoms with E-state index in [0.717, 1.165) is 0 Å². The molecule has 1 unspecified atom stereocenters. The Balaban J connectivity index is 2.62. The Morgan fingerprint density at radius 2 is 2.08 bits per heavy atom. The molecule has 0 aliphatic heterocycles. The number of fused-ring (bicyclic) bond motifs is 1. The zero-order chi connectivity index (χ0) is 8.77. The molecular weight excluding hydrogens is 139 g/mol. The minimum atomic E-state index is 0.239. The zero-order valence-corrected chi connectivity index (χ0v) is 7.89. The van der Waals surface area contributed by atoms with Gasteiger partial charge in [0.1, 0.15) is 0 Å². The summed E-state index contributed by atoms with van der Waals surface area (Å²) in [6.07, 6.45) is 4.50. The van der Waals surface area contributed by atoms with Gasteiger partial charge in [-0.25, -0.2) is 0 Å². The molecule has 12 heavy (non-hydrogen) atoms. The number of aryl methyl sites for hydroxylation is 1. The Labute approximate surface area is 82.9 Å². The third-order valence-electron chi connectivity index (χ3n) is 2.58. The molecule has 0 N–H and O–H groups in total. The average Bonchev–Trinajstić information content (AvgIpc) is 2.27. The Kier molecular flexibility index (Phi) is 1.72. The molecular formula is C11H11Li. The van der Waals surface area contributed by atoms with E-state index in [1.165, 1.54) is 16.7 Å². The fraction of sp³-hybridized carbons (Fsp3) is 0.273. The molecule has 1 aromatic carbocycles. The Bertz CT molecular complexity index is 348. The molecule has 0 saturated carbocycles. The normalized spacial score (nSPS) is 26.0. The van der Waals surface area contributed by atoms with Crippen LogP contribution in [0.15, 0.2) is 24.3 Å². The van der Waals surface area contributed by atoms with Crippen LogP contribution in [0, 0.1) is 6.92 Å². The summed E-state index contributed by atoms with van der Waals surface area (Å²) >= 11 is 2.25. The summed E-state index contributed by atoms with van der Waals surface area (Å²) in [7, 11) is 0. The summed E-state index contributed by atoms with van der Waals surface area (Å²) in [4.78, 5) is 0. The van der Waals surface area contributed by atoms with Crippen LogP contribution in [0.2, 0.25) is 0 Å². The van der Waals surface area contributed by atoms with Crippen LogP contribution in [0.25, 0.3) is 6.08 Å². The summed E-state index contributed by atoms with van der Waals surface area (Å²) in [5.74, 6) is 0. The van der Waals surface area contributed by atoms with Crippen LogP contribution in [0.4, 0.5) is 0 Å². The first-order chi connectivity index (χ1) is 5.59. The number of hydrogen-bond acceptors (Lipinski definition) is 0. The van der Waals surface area contributed by atoms with Gasteiger partial charge in [0, 0.05) is 0 Å². The van der Waals surface area contributed by atoms with Crippen molar-refractivity contribution in [3.05, 3.63) is 41.0 Å². The maximum absolute atomic E-state index is 2.27. The van der Waals surface area contributed by atoms with Crippen molar-refractivity contribution in [3.8, 4) is 0 Å². The van der Waals surface area contributed by atoms with E-state index in [4.69, 9.17) is 0 Å². The van der Waals surface area contributed by atoms with Gasteiger partial charge in [-0.3, -0.25) is 0 Å². The first kappa shape index (κ1) is 8.17. The average molecular weight is 150 g/mol. The van der Waals surface area contributed by atoms with Crippen molar-refractivity contribution in [1.29, 1.82) is 0 Å². The Morgan fingerprint density at radius 3 is 2.83 bits per heavy atom. The van der Waals surface area contributed by atoms with Gasteiger partial charge in [-0.15, -0.1) is 0 Å². The van der Waals surface area contributed by atoms with E-state index in [1.807, 2.05) is 0 Å². The van der Waals surface area contributed by atoms with E-state index >= 15 is 0 Å². The number of benzene rings is 1. The monoisotopic (exact) mass is 150 g/mol. The Morgan fingerprint density at radius 1 is 1.33 bits per heavy atom. The molecule has 0 bridgehead atoms. The molecule has 0 saturated heterocycles. The molecule has 1 atom stereocenters. The van der Waals surface area contributed by atoms with Gasteiger partial charge in [0.25, 0.3) is 0 Å². The maximum atomic E-state index is 2.27. The van der Waals surface area contributed by atoms with E-state index in [2.05, 4.69) is 61.9 Å². The summed E-state index contributed by atoms with van der Waals surface area (Å²) in [6.45, 7) is 4.39. The van der Waals surface area contributed by atoms with Crippen molar-refractivity contribution < 1.29 is 0 Å². The van der Waals surface area contributed by atoms with Crippen molar-refractivity contribution in [3.63, 3.8) is 0 Å². The van der Waals surface area contributed by atoms with Crippen molar-refractivity contribution >= 4 is 23.8 Å². The molecule has 1 heteroatoms. The van der Waals surface area contributed by atoms with Crippen molar-refractivity contribution in [1.82, 2.24) is 0 Å². The fourth-order valence-electron chi connectivity index (χ4n) is 1.79. The van der Waals surface area contributed by atoms with Crippen LogP contribution < -0.4 is 0 Å². The van der Waals surface area contributed by atoms with Crippen LogP contribution >= 0.6 is 0 Å². The van der Waals surface area contributed by atoms with E-state index < -0.39 is 0 Å². The molecule has 1 aromatic rings. The van der Waals surface area contributed by atoms with Crippen LogP contribution in [0.5, 0.6) is 0 Å². The molecule has 0 heterocycles. The van der Waals surface area contributed by atoms with Gasteiger partial charge < -0.3 is 0 Å². The molecule has 0 nitrogen and oxygen atoms in total. The fourth-order valence-corrected chi connectivity index (χ4v) is 1.79. The topological polar surface area (TPSA) is 0 Å². The summed E-state index contributed by atoms with van der Waals surface area (Å²) < 4.78 is 0.239. The first-order valence-corrected chi connectivity index (χ1v) is 4.40. The zero-order valence-electron chi connectivity index (χ0n) is 7.89. The minimum absolute atomic E-state index is 0.239. The Hall–Kier alpha value is -0.443. The van der Waals surface area contributed by atoms with Crippen molar-refractivity contribution in [2.75, 3.05) is 0 Å². The predicted molar refractivity (Wildman–Crippen MR) is 53.3 cm³/mol. The van der Waals surface area contributed by atoms with Gasteiger partial charge in [0.05, 0.1) is 0 Å². The van der Waals surface area contributed by atoms with Gasteiger partial charge >= 0.3 is 82.7 Å². The van der Waals surface area contributed by atoms with Gasteiger partial charge in [0.15, 0.2) is 0 Å². The summed E-state index contributed by atoms with van der Waals surface area (Å²) in [5.41, 5.74) is 4.18. The molecule has 2 rings (SSSR count). The van der Waals surface area contributed by atoms with Crippen LogP contribution in [0.1, 0.15) is 23.6 Å². The van der Waals surface area contributed by atoms with Crippen molar-refractivity contribution in [2.24, 2.45) is 0 Å². The molecule has 0 fully saturated rings. The third-order valence-corrected chi connectivity index (χ3v) is 2.58. The van der Waals surface area contributed by atoms with Crippen LogP contribution in [-0.2, 0) is 4.09 Å².